The van der Waals surface area contributed by atoms with E-state index in [-0.39, 0.29) is 5.91 Å². The number of hydrogen-bond acceptors (Lipinski definition) is 2. The number of likely N-dealkylation sites (N-methyl/N-ethyl adjacent to an activating group) is 1. The fraction of sp³-hybridized carbons (Fsp3) is 0.562. The molecular weight excluding hydrogens is 238 g/mol. The molecule has 19 heavy (non-hydrogen) atoms. The van der Waals surface area contributed by atoms with Gasteiger partial charge in [0, 0.05) is 19.2 Å². The van der Waals surface area contributed by atoms with E-state index >= 15 is 0 Å². The molecule has 1 aromatic carbocycles. The van der Waals surface area contributed by atoms with E-state index in [0.717, 1.165) is 42.4 Å². The summed E-state index contributed by atoms with van der Waals surface area (Å²) in [6.07, 6.45) is 3.72. The zero-order valence-corrected chi connectivity index (χ0v) is 12.1. The molecule has 0 aliphatic heterocycles. The number of rotatable bonds is 3. The van der Waals surface area contributed by atoms with Gasteiger partial charge >= 0.3 is 0 Å². The van der Waals surface area contributed by atoms with Crippen molar-refractivity contribution < 1.29 is 9.90 Å². The molecule has 1 saturated carbocycles. The van der Waals surface area contributed by atoms with Crippen molar-refractivity contribution in [1.29, 1.82) is 0 Å². The van der Waals surface area contributed by atoms with Gasteiger partial charge in [0.2, 0.25) is 0 Å². The van der Waals surface area contributed by atoms with Crippen LogP contribution in [-0.2, 0) is 0 Å². The molecule has 2 rings (SSSR count). The third-order valence-electron chi connectivity index (χ3n) is 4.11. The molecule has 0 spiro atoms. The van der Waals surface area contributed by atoms with Gasteiger partial charge in [-0.1, -0.05) is 31.0 Å². The van der Waals surface area contributed by atoms with Gasteiger partial charge in [-0.2, -0.15) is 0 Å². The summed E-state index contributed by atoms with van der Waals surface area (Å²) in [5.74, 6) is 0.0101. The van der Waals surface area contributed by atoms with E-state index in [9.17, 15) is 9.90 Å². The lowest BCUT2D eigenvalue weighted by Gasteiger charge is -2.29. The molecule has 1 aliphatic carbocycles. The molecule has 0 unspecified atom stereocenters. The summed E-state index contributed by atoms with van der Waals surface area (Å²) in [5.41, 5.74) is 2.08. The molecule has 1 N–H and O–H groups in total. The first-order valence-corrected chi connectivity index (χ1v) is 6.97. The van der Waals surface area contributed by atoms with Gasteiger partial charge in [0.25, 0.3) is 5.91 Å². The molecule has 1 amide bonds. The summed E-state index contributed by atoms with van der Waals surface area (Å²) in [6, 6.07) is 5.88. The van der Waals surface area contributed by atoms with Gasteiger partial charge in [0.1, 0.15) is 0 Å². The molecular formula is C16H23NO2. The molecule has 1 aromatic rings. The third-order valence-corrected chi connectivity index (χ3v) is 4.11. The standard InChI is InChI=1S/C16H23NO2/c1-12-7-6-8-13(2)14(12)15(18)17(3)11-16(19)9-4-5-10-16/h6-8,19H,4-5,9-11H2,1-3H3. The number of carbonyl (C=O) groups excluding carboxylic acids is 1. The monoisotopic (exact) mass is 261 g/mol. The lowest BCUT2D eigenvalue weighted by atomic mass is 9.99. The van der Waals surface area contributed by atoms with Crippen LogP contribution in [0.15, 0.2) is 18.2 Å². The first-order chi connectivity index (χ1) is 8.93. The highest BCUT2D eigenvalue weighted by molar-refractivity contribution is 5.96. The first kappa shape index (κ1) is 14.1. The predicted molar refractivity (Wildman–Crippen MR) is 76.3 cm³/mol. The lowest BCUT2D eigenvalue weighted by Crippen LogP contribution is -2.42. The van der Waals surface area contributed by atoms with Crippen LogP contribution in [0, 0.1) is 13.8 Å². The van der Waals surface area contributed by atoms with Crippen LogP contribution in [0.25, 0.3) is 0 Å². The Labute approximate surface area is 115 Å². The van der Waals surface area contributed by atoms with Gasteiger partial charge in [-0.25, -0.2) is 0 Å². The summed E-state index contributed by atoms with van der Waals surface area (Å²) in [5, 5.41) is 10.4. The Morgan fingerprint density at radius 1 is 1.26 bits per heavy atom. The molecule has 1 aliphatic rings. The Balaban J connectivity index is 2.15. The van der Waals surface area contributed by atoms with E-state index in [1.54, 1.807) is 11.9 Å². The van der Waals surface area contributed by atoms with Crippen LogP contribution < -0.4 is 0 Å². The summed E-state index contributed by atoms with van der Waals surface area (Å²) in [7, 11) is 1.78. The number of carbonyl (C=O) groups is 1. The maximum atomic E-state index is 12.5. The van der Waals surface area contributed by atoms with Gasteiger partial charge in [0.05, 0.1) is 5.60 Å². The molecule has 0 radical (unpaired) electrons. The van der Waals surface area contributed by atoms with E-state index < -0.39 is 5.60 Å². The fourth-order valence-electron chi connectivity index (χ4n) is 3.05. The van der Waals surface area contributed by atoms with E-state index in [1.165, 1.54) is 0 Å². The highest BCUT2D eigenvalue weighted by Gasteiger charge is 2.33. The van der Waals surface area contributed by atoms with Crippen LogP contribution in [0.4, 0.5) is 0 Å². The first-order valence-electron chi connectivity index (χ1n) is 6.97. The molecule has 0 saturated heterocycles. The third kappa shape index (κ3) is 2.98. The molecule has 3 heteroatoms. The minimum absolute atomic E-state index is 0.0101. The summed E-state index contributed by atoms with van der Waals surface area (Å²) < 4.78 is 0. The minimum atomic E-state index is -0.680. The summed E-state index contributed by atoms with van der Waals surface area (Å²) in [6.45, 7) is 4.34. The Morgan fingerprint density at radius 3 is 2.32 bits per heavy atom. The van der Waals surface area contributed by atoms with E-state index in [1.807, 2.05) is 32.0 Å². The molecule has 0 heterocycles. The fourth-order valence-corrected chi connectivity index (χ4v) is 3.05. The molecule has 104 valence electrons. The molecule has 0 bridgehead atoms. The Morgan fingerprint density at radius 2 is 1.79 bits per heavy atom. The topological polar surface area (TPSA) is 40.5 Å². The SMILES string of the molecule is Cc1cccc(C)c1C(=O)N(C)CC1(O)CCCC1. The van der Waals surface area contributed by atoms with E-state index in [2.05, 4.69) is 0 Å². The Bertz CT molecular complexity index is 455. The van der Waals surface area contributed by atoms with Gasteiger partial charge < -0.3 is 10.0 Å². The van der Waals surface area contributed by atoms with Crippen molar-refractivity contribution in [2.24, 2.45) is 0 Å². The quantitative estimate of drug-likeness (QED) is 0.908. The summed E-state index contributed by atoms with van der Waals surface area (Å²) in [4.78, 5) is 14.2. The Kier molecular flexibility index (Phi) is 3.95. The van der Waals surface area contributed by atoms with Crippen LogP contribution in [-0.4, -0.2) is 35.1 Å². The van der Waals surface area contributed by atoms with Crippen molar-refractivity contribution in [3.63, 3.8) is 0 Å². The minimum Gasteiger partial charge on any atom is -0.388 e. The summed E-state index contributed by atoms with van der Waals surface area (Å²) >= 11 is 0. The normalized spacial score (nSPS) is 17.5. The number of aliphatic hydroxyl groups is 1. The van der Waals surface area contributed by atoms with Gasteiger partial charge in [0.15, 0.2) is 0 Å². The van der Waals surface area contributed by atoms with Crippen LogP contribution >= 0.6 is 0 Å². The maximum absolute atomic E-state index is 12.5. The van der Waals surface area contributed by atoms with Crippen molar-refractivity contribution in [3.8, 4) is 0 Å². The van der Waals surface area contributed by atoms with Crippen LogP contribution in [0.1, 0.15) is 47.2 Å². The van der Waals surface area contributed by atoms with Crippen LogP contribution in [0.5, 0.6) is 0 Å². The smallest absolute Gasteiger partial charge is 0.254 e. The van der Waals surface area contributed by atoms with Gasteiger partial charge in [-0.05, 0) is 37.8 Å². The van der Waals surface area contributed by atoms with Crippen molar-refractivity contribution in [2.75, 3.05) is 13.6 Å². The lowest BCUT2D eigenvalue weighted by molar-refractivity contribution is 0.0156. The number of benzene rings is 1. The average molecular weight is 261 g/mol. The second kappa shape index (κ2) is 5.33. The number of amides is 1. The highest BCUT2D eigenvalue weighted by Crippen LogP contribution is 2.30. The zero-order valence-electron chi connectivity index (χ0n) is 12.1. The molecule has 1 fully saturated rings. The number of aryl methyl sites for hydroxylation is 2. The molecule has 3 nitrogen and oxygen atoms in total. The van der Waals surface area contributed by atoms with E-state index in [0.29, 0.717) is 6.54 Å². The number of hydrogen-bond donors (Lipinski definition) is 1. The maximum Gasteiger partial charge on any atom is 0.254 e. The van der Waals surface area contributed by atoms with Crippen molar-refractivity contribution in [2.45, 2.75) is 45.1 Å². The van der Waals surface area contributed by atoms with Crippen LogP contribution in [0.2, 0.25) is 0 Å². The van der Waals surface area contributed by atoms with Crippen molar-refractivity contribution in [3.05, 3.63) is 34.9 Å². The van der Waals surface area contributed by atoms with Gasteiger partial charge in [-0.15, -0.1) is 0 Å². The van der Waals surface area contributed by atoms with Crippen molar-refractivity contribution >= 4 is 5.91 Å². The van der Waals surface area contributed by atoms with Crippen molar-refractivity contribution in [1.82, 2.24) is 4.90 Å². The number of nitrogens with zero attached hydrogens (tertiary/aromatic N) is 1. The Hall–Kier alpha value is -1.35. The second-order valence-corrected chi connectivity index (χ2v) is 5.86. The second-order valence-electron chi connectivity index (χ2n) is 5.86. The molecule has 0 atom stereocenters. The average Bonchev–Trinajstić information content (AvgIpc) is 2.75. The van der Waals surface area contributed by atoms with E-state index in [4.69, 9.17) is 0 Å². The van der Waals surface area contributed by atoms with Gasteiger partial charge in [-0.3, -0.25) is 4.79 Å². The largest absolute Gasteiger partial charge is 0.388 e. The highest BCUT2D eigenvalue weighted by atomic mass is 16.3. The van der Waals surface area contributed by atoms with Crippen LogP contribution in [0.3, 0.4) is 0 Å². The zero-order chi connectivity index (χ0) is 14.0. The predicted octanol–water partition coefficient (Wildman–Crippen LogP) is 2.68. The molecule has 0 aromatic heterocycles.